The fourth-order valence-electron chi connectivity index (χ4n) is 1.14. The summed E-state index contributed by atoms with van der Waals surface area (Å²) in [4.78, 5) is 10.6. The van der Waals surface area contributed by atoms with Gasteiger partial charge in [-0.15, -0.1) is 0 Å². The zero-order chi connectivity index (χ0) is 11.9. The second kappa shape index (κ2) is 6.76. The number of hydrogen-bond acceptors (Lipinski definition) is 4. The molecule has 0 spiro atoms. The quantitative estimate of drug-likeness (QED) is 0.520. The van der Waals surface area contributed by atoms with Crippen LogP contribution in [0.25, 0.3) is 0 Å². The summed E-state index contributed by atoms with van der Waals surface area (Å²) in [5, 5.41) is 0. The highest BCUT2D eigenvalue weighted by atomic mass is 32.2. The molecule has 0 aliphatic rings. The summed E-state index contributed by atoms with van der Waals surface area (Å²) in [6.07, 6.45) is 1.17. The van der Waals surface area contributed by atoms with Gasteiger partial charge in [-0.2, -0.15) is 4.31 Å². The van der Waals surface area contributed by atoms with Gasteiger partial charge in [-0.3, -0.25) is 4.79 Å². The van der Waals surface area contributed by atoms with E-state index in [2.05, 4.69) is 0 Å². The number of nitrogens with two attached hydrogens (primary N) is 2. The third-order valence-electron chi connectivity index (χ3n) is 1.93. The Balaban J connectivity index is 4.32. The number of unbranched alkanes of at least 4 members (excludes halogenated alkanes) is 1. The summed E-state index contributed by atoms with van der Waals surface area (Å²) in [5.41, 5.74) is 10.2. The first-order chi connectivity index (χ1) is 6.94. The summed E-state index contributed by atoms with van der Waals surface area (Å²) < 4.78 is 24.4. The Morgan fingerprint density at radius 3 is 2.33 bits per heavy atom. The summed E-state index contributed by atoms with van der Waals surface area (Å²) in [5.74, 6) is -0.620. The maximum atomic E-state index is 11.6. The Bertz CT molecular complexity index is 290. The van der Waals surface area contributed by atoms with Crippen molar-refractivity contribution in [2.24, 2.45) is 11.5 Å². The Morgan fingerprint density at radius 1 is 1.33 bits per heavy atom. The van der Waals surface area contributed by atoms with Crippen LogP contribution < -0.4 is 11.5 Å². The van der Waals surface area contributed by atoms with Crippen LogP contribution in [0.15, 0.2) is 0 Å². The molecule has 0 bridgehead atoms. The molecule has 0 rings (SSSR count). The zero-order valence-corrected chi connectivity index (χ0v) is 9.79. The lowest BCUT2D eigenvalue weighted by Gasteiger charge is -2.18. The van der Waals surface area contributed by atoms with Gasteiger partial charge in [0, 0.05) is 6.54 Å². The Labute approximate surface area is 90.7 Å². The van der Waals surface area contributed by atoms with Crippen LogP contribution in [0.4, 0.5) is 0 Å². The molecule has 0 aromatic carbocycles. The summed E-state index contributed by atoms with van der Waals surface area (Å²) in [6, 6.07) is 0. The van der Waals surface area contributed by atoms with Crippen molar-refractivity contribution in [2.45, 2.75) is 19.8 Å². The van der Waals surface area contributed by atoms with E-state index in [-0.39, 0.29) is 18.8 Å². The van der Waals surface area contributed by atoms with Gasteiger partial charge < -0.3 is 11.5 Å². The van der Waals surface area contributed by atoms with E-state index in [9.17, 15) is 13.2 Å². The van der Waals surface area contributed by atoms with E-state index in [0.29, 0.717) is 19.4 Å². The summed E-state index contributed by atoms with van der Waals surface area (Å²) >= 11 is 0. The molecule has 0 aromatic heterocycles. The fraction of sp³-hybridized carbons (Fsp3) is 0.875. The predicted octanol–water partition coefficient (Wildman–Crippen LogP) is -1.14. The van der Waals surface area contributed by atoms with Crippen molar-refractivity contribution in [3.05, 3.63) is 0 Å². The molecule has 0 aliphatic heterocycles. The van der Waals surface area contributed by atoms with Gasteiger partial charge in [0.15, 0.2) is 0 Å². The minimum atomic E-state index is -3.36. The van der Waals surface area contributed by atoms with E-state index in [4.69, 9.17) is 11.5 Å². The number of sulfonamides is 1. The van der Waals surface area contributed by atoms with Gasteiger partial charge >= 0.3 is 0 Å². The van der Waals surface area contributed by atoms with Crippen LogP contribution in [0, 0.1) is 0 Å². The van der Waals surface area contributed by atoms with Gasteiger partial charge in [-0.1, -0.05) is 6.92 Å². The number of carbonyl (C=O) groups is 1. The molecule has 7 heteroatoms. The highest BCUT2D eigenvalue weighted by molar-refractivity contribution is 7.89. The molecule has 0 saturated carbocycles. The van der Waals surface area contributed by atoms with Crippen molar-refractivity contribution < 1.29 is 13.2 Å². The maximum absolute atomic E-state index is 11.6. The van der Waals surface area contributed by atoms with Crippen molar-refractivity contribution >= 4 is 15.9 Å². The lowest BCUT2D eigenvalue weighted by Crippen LogP contribution is -2.39. The molecule has 0 fully saturated rings. The van der Waals surface area contributed by atoms with Crippen LogP contribution in [0.3, 0.4) is 0 Å². The SMILES string of the molecule is CCN(CC(N)=O)S(=O)(=O)CCCCN. The molecule has 0 radical (unpaired) electrons. The van der Waals surface area contributed by atoms with Crippen LogP contribution in [-0.2, 0) is 14.8 Å². The van der Waals surface area contributed by atoms with E-state index < -0.39 is 15.9 Å². The number of rotatable bonds is 8. The average molecular weight is 237 g/mol. The van der Waals surface area contributed by atoms with Crippen molar-refractivity contribution in [2.75, 3.05) is 25.4 Å². The molecule has 0 unspecified atom stereocenters. The molecule has 6 nitrogen and oxygen atoms in total. The number of nitrogens with zero attached hydrogens (tertiary/aromatic N) is 1. The second-order valence-corrected chi connectivity index (χ2v) is 5.29. The lowest BCUT2D eigenvalue weighted by molar-refractivity contribution is -0.118. The smallest absolute Gasteiger partial charge is 0.232 e. The second-order valence-electron chi connectivity index (χ2n) is 3.20. The van der Waals surface area contributed by atoms with Crippen molar-refractivity contribution in [1.29, 1.82) is 0 Å². The molecule has 0 heterocycles. The molecular formula is C8H19N3O3S. The van der Waals surface area contributed by atoms with Gasteiger partial charge in [-0.25, -0.2) is 8.42 Å². The predicted molar refractivity (Wildman–Crippen MR) is 58.5 cm³/mol. The molecule has 0 atom stereocenters. The molecule has 0 saturated heterocycles. The Morgan fingerprint density at radius 2 is 1.93 bits per heavy atom. The number of carbonyl (C=O) groups excluding carboxylic acids is 1. The third kappa shape index (κ3) is 5.71. The minimum absolute atomic E-state index is 0.0192. The summed E-state index contributed by atoms with van der Waals surface area (Å²) in [7, 11) is -3.36. The van der Waals surface area contributed by atoms with Gasteiger partial charge in [0.1, 0.15) is 0 Å². The molecule has 0 aromatic rings. The van der Waals surface area contributed by atoms with Crippen LogP contribution in [-0.4, -0.2) is 44.0 Å². The third-order valence-corrected chi connectivity index (χ3v) is 3.91. The Kier molecular flexibility index (Phi) is 6.46. The lowest BCUT2D eigenvalue weighted by atomic mass is 10.3. The van der Waals surface area contributed by atoms with Gasteiger partial charge in [0.05, 0.1) is 12.3 Å². The molecule has 90 valence electrons. The highest BCUT2D eigenvalue weighted by Crippen LogP contribution is 2.03. The van der Waals surface area contributed by atoms with Gasteiger partial charge in [-0.05, 0) is 19.4 Å². The zero-order valence-electron chi connectivity index (χ0n) is 8.98. The van der Waals surface area contributed by atoms with E-state index in [1.165, 1.54) is 0 Å². The fourth-order valence-corrected chi connectivity index (χ4v) is 2.68. The van der Waals surface area contributed by atoms with Crippen molar-refractivity contribution in [3.8, 4) is 0 Å². The number of hydrogen-bond donors (Lipinski definition) is 2. The van der Waals surface area contributed by atoms with E-state index in [1.54, 1.807) is 6.92 Å². The standard InChI is InChI=1S/C8H19N3O3S/c1-2-11(7-8(10)12)15(13,14)6-4-3-5-9/h2-7,9H2,1H3,(H2,10,12). The van der Waals surface area contributed by atoms with Gasteiger partial charge in [0.25, 0.3) is 0 Å². The average Bonchev–Trinajstić information content (AvgIpc) is 2.14. The first-order valence-electron chi connectivity index (χ1n) is 4.90. The normalized spacial score (nSPS) is 11.9. The van der Waals surface area contributed by atoms with Crippen molar-refractivity contribution in [3.63, 3.8) is 0 Å². The van der Waals surface area contributed by atoms with Gasteiger partial charge in [0.2, 0.25) is 15.9 Å². The van der Waals surface area contributed by atoms with Crippen LogP contribution >= 0.6 is 0 Å². The molecular weight excluding hydrogens is 218 g/mol. The first-order valence-corrected chi connectivity index (χ1v) is 6.51. The van der Waals surface area contributed by atoms with Crippen LogP contribution in [0.2, 0.25) is 0 Å². The van der Waals surface area contributed by atoms with Crippen molar-refractivity contribution in [1.82, 2.24) is 4.31 Å². The van der Waals surface area contributed by atoms with E-state index in [0.717, 1.165) is 4.31 Å². The molecule has 1 amide bonds. The largest absolute Gasteiger partial charge is 0.369 e. The van der Waals surface area contributed by atoms with Crippen LogP contribution in [0.5, 0.6) is 0 Å². The Hall–Kier alpha value is -0.660. The summed E-state index contributed by atoms with van der Waals surface area (Å²) in [6.45, 7) is 2.15. The minimum Gasteiger partial charge on any atom is -0.369 e. The molecule has 15 heavy (non-hydrogen) atoms. The number of likely N-dealkylation sites (N-methyl/N-ethyl adjacent to an activating group) is 1. The molecule has 4 N–H and O–H groups in total. The van der Waals surface area contributed by atoms with E-state index >= 15 is 0 Å². The number of amides is 1. The highest BCUT2D eigenvalue weighted by Gasteiger charge is 2.21. The first kappa shape index (κ1) is 14.3. The van der Waals surface area contributed by atoms with Crippen LogP contribution in [0.1, 0.15) is 19.8 Å². The molecule has 0 aliphatic carbocycles. The van der Waals surface area contributed by atoms with E-state index in [1.807, 2.05) is 0 Å². The monoisotopic (exact) mass is 237 g/mol. The topological polar surface area (TPSA) is 106 Å². The maximum Gasteiger partial charge on any atom is 0.232 e. The number of primary amides is 1.